The van der Waals surface area contributed by atoms with E-state index in [2.05, 4.69) is 0 Å². The maximum absolute atomic E-state index is 12.4. The van der Waals surface area contributed by atoms with E-state index in [9.17, 15) is 4.79 Å². The Morgan fingerprint density at radius 2 is 2.00 bits per heavy atom. The Balaban J connectivity index is 1.77. The normalized spacial score (nSPS) is 20.2. The van der Waals surface area contributed by atoms with Gasteiger partial charge >= 0.3 is 0 Å². The Morgan fingerprint density at radius 3 is 2.53 bits per heavy atom. The molecule has 1 aromatic rings. The number of hydrogen-bond donors (Lipinski definition) is 1. The molecule has 3 nitrogen and oxygen atoms in total. The fraction of sp³-hybridized carbons (Fsp3) is 0.500. The number of amides is 1. The minimum Gasteiger partial charge on any atom is -0.334 e. The molecular weight excluding hydrogens is 283 g/mol. The summed E-state index contributed by atoms with van der Waals surface area (Å²) in [6.45, 7) is 0.569. The molecule has 0 radical (unpaired) electrons. The van der Waals surface area contributed by atoms with Gasteiger partial charge in [0.2, 0.25) is 5.91 Å². The van der Waals surface area contributed by atoms with Crippen LogP contribution in [0.5, 0.6) is 0 Å². The highest BCUT2D eigenvalue weighted by molar-refractivity contribution is 6.42. The van der Waals surface area contributed by atoms with E-state index in [4.69, 9.17) is 28.9 Å². The minimum absolute atomic E-state index is 0.0843. The Kier molecular flexibility index (Phi) is 3.24. The van der Waals surface area contributed by atoms with Gasteiger partial charge in [0.1, 0.15) is 0 Å². The fourth-order valence-corrected chi connectivity index (χ4v) is 2.54. The maximum Gasteiger partial charge on any atom is 0.243 e. The van der Waals surface area contributed by atoms with Gasteiger partial charge in [-0.05, 0) is 43.4 Å². The van der Waals surface area contributed by atoms with Gasteiger partial charge in [-0.1, -0.05) is 29.3 Å². The highest BCUT2D eigenvalue weighted by Crippen LogP contribution is 2.39. The van der Waals surface area contributed by atoms with E-state index >= 15 is 0 Å². The first-order chi connectivity index (χ1) is 8.99. The number of halogens is 2. The molecule has 2 aliphatic carbocycles. The van der Waals surface area contributed by atoms with E-state index in [1.807, 2.05) is 17.0 Å². The van der Waals surface area contributed by atoms with Crippen LogP contribution in [0.25, 0.3) is 0 Å². The van der Waals surface area contributed by atoms with E-state index in [1.165, 1.54) is 0 Å². The lowest BCUT2D eigenvalue weighted by Gasteiger charge is -2.25. The van der Waals surface area contributed by atoms with E-state index in [-0.39, 0.29) is 5.91 Å². The summed E-state index contributed by atoms with van der Waals surface area (Å²) in [5, 5.41) is 1.06. The zero-order valence-corrected chi connectivity index (χ0v) is 12.0. The molecule has 5 heteroatoms. The number of nitrogens with zero attached hydrogens (tertiary/aromatic N) is 1. The van der Waals surface area contributed by atoms with E-state index < -0.39 is 5.54 Å². The molecule has 0 bridgehead atoms. The van der Waals surface area contributed by atoms with Crippen molar-refractivity contribution < 1.29 is 4.79 Å². The van der Waals surface area contributed by atoms with Gasteiger partial charge in [-0.2, -0.15) is 0 Å². The van der Waals surface area contributed by atoms with Gasteiger partial charge < -0.3 is 10.6 Å². The second-order valence-corrected chi connectivity index (χ2v) is 6.38. The SMILES string of the molecule is NC1(C(=O)N(Cc2ccc(Cl)c(Cl)c2)C2CC2)CC1. The predicted octanol–water partition coefficient (Wildman–Crippen LogP) is 2.98. The molecule has 2 fully saturated rings. The van der Waals surface area contributed by atoms with Crippen LogP contribution < -0.4 is 5.73 Å². The summed E-state index contributed by atoms with van der Waals surface area (Å²) >= 11 is 11.9. The number of nitrogens with two attached hydrogens (primary N) is 1. The van der Waals surface area contributed by atoms with Crippen LogP contribution >= 0.6 is 23.2 Å². The lowest BCUT2D eigenvalue weighted by Crippen LogP contribution is -2.46. The number of carbonyl (C=O) groups is 1. The summed E-state index contributed by atoms with van der Waals surface area (Å²) in [6, 6.07) is 5.85. The van der Waals surface area contributed by atoms with Crippen molar-refractivity contribution in [3.05, 3.63) is 33.8 Å². The standard InChI is InChI=1S/C14H16Cl2N2O/c15-11-4-1-9(7-12(11)16)8-18(10-2-3-10)13(19)14(17)5-6-14/h1,4,7,10H,2-3,5-6,8,17H2. The average Bonchev–Trinajstić information content (AvgIpc) is 3.26. The van der Waals surface area contributed by atoms with E-state index in [0.29, 0.717) is 22.6 Å². The molecular formula is C14H16Cl2N2O. The van der Waals surface area contributed by atoms with Crippen LogP contribution in [-0.4, -0.2) is 22.4 Å². The maximum atomic E-state index is 12.4. The third-order valence-corrected chi connectivity index (χ3v) is 4.54. The summed E-state index contributed by atoms with van der Waals surface area (Å²) < 4.78 is 0. The summed E-state index contributed by atoms with van der Waals surface area (Å²) in [5.74, 6) is 0.0843. The molecule has 0 atom stereocenters. The lowest BCUT2D eigenvalue weighted by molar-refractivity contribution is -0.134. The van der Waals surface area contributed by atoms with Crippen molar-refractivity contribution in [3.8, 4) is 0 Å². The lowest BCUT2D eigenvalue weighted by atomic mass is 10.1. The molecule has 2 saturated carbocycles. The highest BCUT2D eigenvalue weighted by atomic mass is 35.5. The second-order valence-electron chi connectivity index (χ2n) is 5.57. The molecule has 102 valence electrons. The molecule has 19 heavy (non-hydrogen) atoms. The summed E-state index contributed by atoms with van der Waals surface area (Å²) in [7, 11) is 0. The van der Waals surface area contributed by atoms with Crippen LogP contribution in [0.1, 0.15) is 31.2 Å². The fourth-order valence-electron chi connectivity index (χ4n) is 2.22. The molecule has 2 aliphatic rings. The number of benzene rings is 1. The Hall–Kier alpha value is -0.770. The monoisotopic (exact) mass is 298 g/mol. The van der Waals surface area contributed by atoms with Gasteiger partial charge in [-0.15, -0.1) is 0 Å². The molecule has 0 heterocycles. The molecule has 0 spiro atoms. The van der Waals surface area contributed by atoms with Gasteiger partial charge in [0.05, 0.1) is 15.6 Å². The van der Waals surface area contributed by atoms with Crippen LogP contribution in [0.2, 0.25) is 10.0 Å². The Bertz CT molecular complexity index is 524. The van der Waals surface area contributed by atoms with Crippen LogP contribution in [0.4, 0.5) is 0 Å². The van der Waals surface area contributed by atoms with Crippen LogP contribution in [-0.2, 0) is 11.3 Å². The second kappa shape index (κ2) is 4.65. The molecule has 2 N–H and O–H groups in total. The zero-order valence-electron chi connectivity index (χ0n) is 10.5. The van der Waals surface area contributed by atoms with E-state index in [1.54, 1.807) is 6.07 Å². The average molecular weight is 299 g/mol. The van der Waals surface area contributed by atoms with Gasteiger partial charge in [-0.3, -0.25) is 4.79 Å². The van der Waals surface area contributed by atoms with Gasteiger partial charge in [0, 0.05) is 12.6 Å². The highest BCUT2D eigenvalue weighted by Gasteiger charge is 2.50. The van der Waals surface area contributed by atoms with Crippen molar-refractivity contribution in [1.29, 1.82) is 0 Å². The molecule has 0 saturated heterocycles. The van der Waals surface area contributed by atoms with Gasteiger partial charge in [0.25, 0.3) is 0 Å². The first kappa shape index (κ1) is 13.2. The first-order valence-corrected chi connectivity index (χ1v) is 7.29. The van der Waals surface area contributed by atoms with Crippen molar-refractivity contribution in [1.82, 2.24) is 4.90 Å². The van der Waals surface area contributed by atoms with Crippen molar-refractivity contribution >= 4 is 29.1 Å². The summed E-state index contributed by atoms with van der Waals surface area (Å²) in [4.78, 5) is 14.3. The third kappa shape index (κ3) is 2.73. The molecule has 1 aromatic carbocycles. The van der Waals surface area contributed by atoms with Gasteiger partial charge in [0.15, 0.2) is 0 Å². The Morgan fingerprint density at radius 1 is 1.32 bits per heavy atom. The summed E-state index contributed by atoms with van der Waals surface area (Å²) in [5.41, 5.74) is 6.43. The topological polar surface area (TPSA) is 46.3 Å². The van der Waals surface area contributed by atoms with Crippen molar-refractivity contribution in [2.45, 2.75) is 43.8 Å². The zero-order chi connectivity index (χ0) is 13.6. The van der Waals surface area contributed by atoms with Crippen molar-refractivity contribution in [2.24, 2.45) is 5.73 Å². The predicted molar refractivity (Wildman–Crippen MR) is 76.2 cm³/mol. The number of carbonyl (C=O) groups excluding carboxylic acids is 1. The summed E-state index contributed by atoms with van der Waals surface area (Å²) in [6.07, 6.45) is 3.75. The number of hydrogen-bond acceptors (Lipinski definition) is 2. The minimum atomic E-state index is -0.598. The van der Waals surface area contributed by atoms with E-state index in [0.717, 1.165) is 31.2 Å². The molecule has 3 rings (SSSR count). The largest absolute Gasteiger partial charge is 0.334 e. The molecule has 0 unspecified atom stereocenters. The van der Waals surface area contributed by atoms with Crippen molar-refractivity contribution in [3.63, 3.8) is 0 Å². The number of rotatable bonds is 4. The smallest absolute Gasteiger partial charge is 0.243 e. The van der Waals surface area contributed by atoms with Crippen LogP contribution in [0.3, 0.4) is 0 Å². The van der Waals surface area contributed by atoms with Crippen LogP contribution in [0.15, 0.2) is 18.2 Å². The quantitative estimate of drug-likeness (QED) is 0.929. The molecule has 0 aliphatic heterocycles. The van der Waals surface area contributed by atoms with Gasteiger partial charge in [-0.25, -0.2) is 0 Å². The first-order valence-electron chi connectivity index (χ1n) is 6.53. The van der Waals surface area contributed by atoms with Crippen LogP contribution in [0, 0.1) is 0 Å². The van der Waals surface area contributed by atoms with Crippen molar-refractivity contribution in [2.75, 3.05) is 0 Å². The molecule has 0 aromatic heterocycles. The molecule has 1 amide bonds. The Labute approximate surface area is 122 Å². The third-order valence-electron chi connectivity index (χ3n) is 3.80.